The zero-order valence-corrected chi connectivity index (χ0v) is 6.24. The van der Waals surface area contributed by atoms with E-state index in [0.717, 1.165) is 5.92 Å². The minimum absolute atomic E-state index is 0.259. The first-order chi connectivity index (χ1) is 3.55. The van der Waals surface area contributed by atoms with E-state index < -0.39 is 10.7 Å². The van der Waals surface area contributed by atoms with E-state index in [9.17, 15) is 8.42 Å². The highest BCUT2D eigenvalue weighted by atomic mass is 32.2. The Labute approximate surface area is 51.9 Å². The van der Waals surface area contributed by atoms with Crippen molar-refractivity contribution in [2.45, 2.75) is 26.0 Å². The van der Waals surface area contributed by atoms with Crippen molar-refractivity contribution in [2.75, 3.05) is 0 Å². The van der Waals surface area contributed by atoms with Crippen molar-refractivity contribution in [2.24, 2.45) is 0 Å². The average Bonchev–Trinajstić information content (AvgIpc) is 1.64. The van der Waals surface area contributed by atoms with Gasteiger partial charge in [-0.1, -0.05) is 13.8 Å². The van der Waals surface area contributed by atoms with Crippen molar-refractivity contribution in [3.8, 4) is 0 Å². The average molecular weight is 135 g/mol. The normalized spacial score (nSPS) is 15.1. The van der Waals surface area contributed by atoms with E-state index in [1.165, 1.54) is 0 Å². The van der Waals surface area contributed by atoms with E-state index in [1.54, 1.807) is 6.92 Å². The molecule has 2 nitrogen and oxygen atoms in total. The largest absolute Gasteiger partial charge is 0.232 e. The van der Waals surface area contributed by atoms with Crippen LogP contribution in [0.15, 0.2) is 0 Å². The lowest BCUT2D eigenvalue weighted by Crippen LogP contribution is -2.09. The summed E-state index contributed by atoms with van der Waals surface area (Å²) in [6.07, 6.45) is 0. The molecule has 0 aliphatic rings. The fraction of sp³-hybridized carbons (Fsp3) is 0.800. The molecule has 0 fully saturated rings. The van der Waals surface area contributed by atoms with Crippen molar-refractivity contribution >= 4 is 10.7 Å². The van der Waals surface area contributed by atoms with Gasteiger partial charge in [-0.25, -0.2) is 8.42 Å². The van der Waals surface area contributed by atoms with Gasteiger partial charge < -0.3 is 0 Å². The van der Waals surface area contributed by atoms with E-state index in [1.807, 2.05) is 13.8 Å². The van der Waals surface area contributed by atoms with Gasteiger partial charge in [-0.15, -0.1) is 0 Å². The Kier molecular flexibility index (Phi) is 3.05. The Morgan fingerprint density at radius 2 is 1.75 bits per heavy atom. The van der Waals surface area contributed by atoms with Crippen molar-refractivity contribution in [1.82, 2.24) is 0 Å². The van der Waals surface area contributed by atoms with E-state index in [4.69, 9.17) is 0 Å². The SMILES string of the molecule is C[C](C)C(C)[SH](=O)=O. The predicted octanol–water partition coefficient (Wildman–Crippen LogP) is 0.601. The summed E-state index contributed by atoms with van der Waals surface area (Å²) in [5.74, 6) is 0.945. The third-order valence-electron chi connectivity index (χ3n) is 1.15. The summed E-state index contributed by atoms with van der Waals surface area (Å²) >= 11 is 0. The van der Waals surface area contributed by atoms with Crippen LogP contribution in [0.1, 0.15) is 20.8 Å². The second kappa shape index (κ2) is 3.07. The smallest absolute Gasteiger partial charge is 0.143 e. The highest BCUT2D eigenvalue weighted by molar-refractivity contribution is 7.73. The number of rotatable bonds is 2. The molecule has 0 rings (SSSR count). The highest BCUT2D eigenvalue weighted by Gasteiger charge is 2.08. The maximum absolute atomic E-state index is 10.2. The molecule has 0 aliphatic heterocycles. The Morgan fingerprint density at radius 3 is 1.75 bits per heavy atom. The Bertz CT molecular complexity index is 118. The van der Waals surface area contributed by atoms with Crippen molar-refractivity contribution < 1.29 is 8.42 Å². The topological polar surface area (TPSA) is 34.1 Å². The van der Waals surface area contributed by atoms with E-state index in [0.29, 0.717) is 0 Å². The second-order valence-electron chi connectivity index (χ2n) is 2.04. The zero-order valence-electron chi connectivity index (χ0n) is 5.34. The molecule has 49 valence electrons. The first-order valence-electron chi connectivity index (χ1n) is 2.49. The van der Waals surface area contributed by atoms with Crippen molar-refractivity contribution in [3.63, 3.8) is 0 Å². The summed E-state index contributed by atoms with van der Waals surface area (Å²) in [7, 11) is -2.24. The van der Waals surface area contributed by atoms with Gasteiger partial charge in [-0.05, 0) is 12.8 Å². The summed E-state index contributed by atoms with van der Waals surface area (Å²) in [5, 5.41) is -0.259. The summed E-state index contributed by atoms with van der Waals surface area (Å²) in [6.45, 7) is 5.31. The molecule has 0 aromatic rings. The molecule has 1 radical (unpaired) electrons. The van der Waals surface area contributed by atoms with Gasteiger partial charge >= 0.3 is 0 Å². The van der Waals surface area contributed by atoms with Gasteiger partial charge in [0.1, 0.15) is 10.7 Å². The van der Waals surface area contributed by atoms with Crippen LogP contribution in [0.4, 0.5) is 0 Å². The molecule has 0 N–H and O–H groups in total. The quantitative estimate of drug-likeness (QED) is 0.563. The third-order valence-corrected chi connectivity index (χ3v) is 2.30. The van der Waals surface area contributed by atoms with E-state index in [2.05, 4.69) is 0 Å². The molecule has 0 spiro atoms. The summed E-state index contributed by atoms with van der Waals surface area (Å²) in [6, 6.07) is 0. The minimum atomic E-state index is -2.24. The van der Waals surface area contributed by atoms with Crippen LogP contribution in [-0.4, -0.2) is 13.7 Å². The van der Waals surface area contributed by atoms with Gasteiger partial charge in [-0.2, -0.15) is 0 Å². The molecule has 8 heavy (non-hydrogen) atoms. The standard InChI is InChI=1S/C5H11O2S/c1-4(2)5(3)8(6)7/h5,8H,1-3H3. The molecule has 1 unspecified atom stereocenters. The van der Waals surface area contributed by atoms with Gasteiger partial charge in [0, 0.05) is 0 Å². The predicted molar refractivity (Wildman–Crippen MR) is 34.4 cm³/mol. The molecule has 0 heterocycles. The van der Waals surface area contributed by atoms with Crippen LogP contribution in [0.3, 0.4) is 0 Å². The zero-order chi connectivity index (χ0) is 6.73. The summed E-state index contributed by atoms with van der Waals surface area (Å²) in [4.78, 5) is 0. The minimum Gasteiger partial charge on any atom is -0.232 e. The number of hydrogen-bond acceptors (Lipinski definition) is 2. The lowest BCUT2D eigenvalue weighted by molar-refractivity contribution is 0.604. The van der Waals surface area contributed by atoms with Gasteiger partial charge in [0.05, 0.1) is 5.25 Å². The van der Waals surface area contributed by atoms with Crippen molar-refractivity contribution in [1.29, 1.82) is 0 Å². The lowest BCUT2D eigenvalue weighted by atomic mass is 10.2. The molecule has 0 aliphatic carbocycles. The fourth-order valence-electron chi connectivity index (χ4n) is 0.211. The molecular formula is C5H11O2S. The monoisotopic (exact) mass is 135 g/mol. The maximum Gasteiger partial charge on any atom is 0.143 e. The molecule has 0 amide bonds. The molecule has 0 aromatic carbocycles. The highest BCUT2D eigenvalue weighted by Crippen LogP contribution is 2.04. The van der Waals surface area contributed by atoms with Crippen LogP contribution < -0.4 is 0 Å². The Morgan fingerprint density at radius 1 is 1.38 bits per heavy atom. The van der Waals surface area contributed by atoms with Gasteiger partial charge in [0.2, 0.25) is 0 Å². The van der Waals surface area contributed by atoms with Gasteiger partial charge in [0.25, 0.3) is 0 Å². The van der Waals surface area contributed by atoms with Crippen LogP contribution in [-0.2, 0) is 10.7 Å². The third kappa shape index (κ3) is 2.31. The molecule has 1 atom stereocenters. The maximum atomic E-state index is 10.2. The second-order valence-corrected chi connectivity index (χ2v) is 3.38. The molecule has 0 saturated heterocycles. The van der Waals surface area contributed by atoms with Crippen LogP contribution in [0.25, 0.3) is 0 Å². The van der Waals surface area contributed by atoms with Crippen LogP contribution in [0.2, 0.25) is 0 Å². The van der Waals surface area contributed by atoms with Gasteiger partial charge in [0.15, 0.2) is 0 Å². The van der Waals surface area contributed by atoms with Crippen LogP contribution in [0.5, 0.6) is 0 Å². The molecule has 3 heteroatoms. The summed E-state index contributed by atoms with van der Waals surface area (Å²) in [5.41, 5.74) is 0. The first-order valence-corrected chi connectivity index (χ1v) is 3.74. The van der Waals surface area contributed by atoms with Crippen LogP contribution >= 0.6 is 0 Å². The number of hydrogen-bond donors (Lipinski definition) is 1. The van der Waals surface area contributed by atoms with E-state index >= 15 is 0 Å². The number of thiol groups is 1. The van der Waals surface area contributed by atoms with Crippen LogP contribution in [0, 0.1) is 5.92 Å². The molecule has 0 bridgehead atoms. The Hall–Kier alpha value is -0.0500. The Balaban J connectivity index is 3.83. The lowest BCUT2D eigenvalue weighted by Gasteiger charge is -2.04. The molecule has 0 saturated carbocycles. The van der Waals surface area contributed by atoms with E-state index in [-0.39, 0.29) is 5.25 Å². The molecular weight excluding hydrogens is 124 g/mol. The molecule has 0 aromatic heterocycles. The van der Waals surface area contributed by atoms with Gasteiger partial charge in [-0.3, -0.25) is 0 Å². The van der Waals surface area contributed by atoms with Crippen molar-refractivity contribution in [3.05, 3.63) is 5.92 Å². The summed E-state index contributed by atoms with van der Waals surface area (Å²) < 4.78 is 20.3. The fourth-order valence-corrected chi connectivity index (χ4v) is 0.632. The first kappa shape index (κ1) is 7.95.